The van der Waals surface area contributed by atoms with Gasteiger partial charge in [0, 0.05) is 12.1 Å². The normalized spacial score (nSPS) is 14.0. The minimum absolute atomic E-state index is 0. The van der Waals surface area contributed by atoms with Gasteiger partial charge in [-0.05, 0) is 63.3 Å². The van der Waals surface area contributed by atoms with Crippen LogP contribution in [0.25, 0.3) is 5.78 Å². The van der Waals surface area contributed by atoms with E-state index in [9.17, 15) is 14.4 Å². The number of esters is 2. The number of halogens is 1. The number of hydrogen-bond acceptors (Lipinski definition) is 9. The highest BCUT2D eigenvalue weighted by atomic mass is 35.5. The molecule has 0 unspecified atom stereocenters. The summed E-state index contributed by atoms with van der Waals surface area (Å²) in [6.07, 6.45) is 4.64. The molecule has 0 amide bonds. The van der Waals surface area contributed by atoms with Crippen LogP contribution in [-0.2, 0) is 15.9 Å². The Morgan fingerprint density at radius 1 is 1.27 bits per heavy atom. The standard InChI is InChI=1S/C14H17NO2.C11H12N4O4.ClH/c1-3-8-17-14(16)11-4-5-12-10(9(11)2)6-7-13(12)15;1-11(2,3)19-9(18)6-4-7(8(16)17)15-10(14-6)12-5-13-15;/h3-5,13H,1,6-8,15H2,2H3;4-5H,1-3H3,(H,16,17);1H/t13-;;/m0../s1. The highest BCUT2D eigenvalue weighted by Crippen LogP contribution is 2.33. The van der Waals surface area contributed by atoms with Crippen molar-refractivity contribution >= 4 is 36.1 Å². The summed E-state index contributed by atoms with van der Waals surface area (Å²) in [5.41, 5.74) is 9.00. The zero-order valence-electron chi connectivity index (χ0n) is 21.1. The van der Waals surface area contributed by atoms with Crippen molar-refractivity contribution in [2.45, 2.75) is 52.2 Å². The van der Waals surface area contributed by atoms with Crippen LogP contribution < -0.4 is 5.73 Å². The first-order valence-corrected chi connectivity index (χ1v) is 11.3. The number of aromatic carboxylic acids is 1. The van der Waals surface area contributed by atoms with E-state index in [-0.39, 0.29) is 48.2 Å². The summed E-state index contributed by atoms with van der Waals surface area (Å²) in [6.45, 7) is 10.8. The molecule has 1 aromatic carbocycles. The lowest BCUT2D eigenvalue weighted by Crippen LogP contribution is -2.25. The molecule has 4 rings (SSSR count). The summed E-state index contributed by atoms with van der Waals surface area (Å²) >= 11 is 0. The first-order valence-electron chi connectivity index (χ1n) is 11.3. The maximum atomic E-state index is 11.9. The fraction of sp³-hybridized carbons (Fsp3) is 0.360. The summed E-state index contributed by atoms with van der Waals surface area (Å²) in [5, 5.41) is 12.8. The van der Waals surface area contributed by atoms with Gasteiger partial charge in [0.1, 0.15) is 18.5 Å². The third kappa shape index (κ3) is 6.89. The van der Waals surface area contributed by atoms with E-state index >= 15 is 0 Å². The Bertz CT molecular complexity index is 1330. The van der Waals surface area contributed by atoms with Crippen LogP contribution in [0.5, 0.6) is 0 Å². The number of nitrogens with zero attached hydrogens (tertiary/aromatic N) is 4. The SMILES string of the molecule is C=CCOC(=O)c1ccc2c(c1C)CC[C@@H]2N.CC(C)(C)OC(=O)c1cc(C(=O)O)n2ncnc2n1.Cl. The highest BCUT2D eigenvalue weighted by Gasteiger charge is 2.24. The van der Waals surface area contributed by atoms with E-state index in [2.05, 4.69) is 21.6 Å². The number of fused-ring (bicyclic) bond motifs is 2. The Balaban J connectivity index is 0.000000255. The number of benzene rings is 1. The van der Waals surface area contributed by atoms with Crippen molar-refractivity contribution in [2.75, 3.05) is 6.61 Å². The number of hydrogen-bond donors (Lipinski definition) is 2. The molecule has 3 aromatic rings. The van der Waals surface area contributed by atoms with Crippen LogP contribution in [0.15, 0.2) is 37.2 Å². The quantitative estimate of drug-likeness (QED) is 0.368. The number of nitrogens with two attached hydrogens (primary N) is 1. The molecule has 0 bridgehead atoms. The lowest BCUT2D eigenvalue weighted by atomic mass is 9.98. The molecule has 198 valence electrons. The number of carboxylic acid groups (broad SMARTS) is 1. The summed E-state index contributed by atoms with van der Waals surface area (Å²) in [4.78, 5) is 42.5. The van der Waals surface area contributed by atoms with Crippen molar-refractivity contribution in [1.82, 2.24) is 19.6 Å². The maximum Gasteiger partial charge on any atom is 0.357 e. The smallest absolute Gasteiger partial charge is 0.357 e. The van der Waals surface area contributed by atoms with Crippen LogP contribution in [0.4, 0.5) is 0 Å². The van der Waals surface area contributed by atoms with E-state index in [1.54, 1.807) is 26.8 Å². The van der Waals surface area contributed by atoms with Gasteiger partial charge in [-0.15, -0.1) is 12.4 Å². The van der Waals surface area contributed by atoms with Crippen molar-refractivity contribution in [3.8, 4) is 0 Å². The number of carbonyl (C=O) groups is 3. The molecule has 1 aliphatic carbocycles. The molecule has 3 N–H and O–H groups in total. The molecular formula is C25H30ClN5O6. The number of aromatic nitrogens is 4. The largest absolute Gasteiger partial charge is 0.477 e. The van der Waals surface area contributed by atoms with Gasteiger partial charge in [-0.1, -0.05) is 18.7 Å². The van der Waals surface area contributed by atoms with Gasteiger partial charge in [0.2, 0.25) is 0 Å². The van der Waals surface area contributed by atoms with Crippen molar-refractivity contribution in [2.24, 2.45) is 5.73 Å². The van der Waals surface area contributed by atoms with E-state index in [0.29, 0.717) is 5.56 Å². The first kappa shape index (κ1) is 29.4. The molecule has 0 aliphatic heterocycles. The zero-order valence-corrected chi connectivity index (χ0v) is 21.9. The van der Waals surface area contributed by atoms with Crippen molar-refractivity contribution in [1.29, 1.82) is 0 Å². The Kier molecular flexibility index (Phi) is 9.49. The third-order valence-corrected chi connectivity index (χ3v) is 5.37. The van der Waals surface area contributed by atoms with Crippen LogP contribution in [-0.4, -0.2) is 54.8 Å². The number of rotatable bonds is 5. The van der Waals surface area contributed by atoms with Crippen molar-refractivity contribution < 1.29 is 29.0 Å². The Morgan fingerprint density at radius 2 is 1.97 bits per heavy atom. The summed E-state index contributed by atoms with van der Waals surface area (Å²) < 4.78 is 11.2. The van der Waals surface area contributed by atoms with Gasteiger partial charge in [-0.2, -0.15) is 14.6 Å². The average Bonchev–Trinajstić information content (AvgIpc) is 3.43. The van der Waals surface area contributed by atoms with E-state index in [1.807, 2.05) is 19.1 Å². The highest BCUT2D eigenvalue weighted by molar-refractivity contribution is 5.93. The lowest BCUT2D eigenvalue weighted by molar-refractivity contribution is 0.00626. The second kappa shape index (κ2) is 11.9. The molecule has 0 saturated carbocycles. The monoisotopic (exact) mass is 531 g/mol. The minimum atomic E-state index is -1.23. The fourth-order valence-electron chi connectivity index (χ4n) is 3.75. The van der Waals surface area contributed by atoms with Gasteiger partial charge < -0.3 is 20.3 Å². The van der Waals surface area contributed by atoms with Gasteiger partial charge in [0.05, 0.1) is 5.56 Å². The molecule has 0 saturated heterocycles. The average molecular weight is 532 g/mol. The Hall–Kier alpha value is -3.83. The van der Waals surface area contributed by atoms with Gasteiger partial charge in [-0.3, -0.25) is 0 Å². The van der Waals surface area contributed by atoms with E-state index in [0.717, 1.165) is 35.3 Å². The number of ether oxygens (including phenoxy) is 2. The summed E-state index contributed by atoms with van der Waals surface area (Å²) in [7, 11) is 0. The van der Waals surface area contributed by atoms with Crippen molar-refractivity contribution in [3.05, 3.63) is 70.8 Å². The molecule has 2 aromatic heterocycles. The van der Waals surface area contributed by atoms with Crippen molar-refractivity contribution in [3.63, 3.8) is 0 Å². The molecule has 2 heterocycles. The molecule has 1 atom stereocenters. The molecule has 37 heavy (non-hydrogen) atoms. The predicted molar refractivity (Wildman–Crippen MR) is 137 cm³/mol. The molecule has 11 nitrogen and oxygen atoms in total. The van der Waals surface area contributed by atoms with Gasteiger partial charge >= 0.3 is 17.9 Å². The maximum absolute atomic E-state index is 11.9. The summed E-state index contributed by atoms with van der Waals surface area (Å²) in [6, 6.07) is 4.98. The van der Waals surface area contributed by atoms with Gasteiger partial charge in [0.15, 0.2) is 11.4 Å². The van der Waals surface area contributed by atoms with Gasteiger partial charge in [0.25, 0.3) is 5.78 Å². The van der Waals surface area contributed by atoms with Gasteiger partial charge in [-0.25, -0.2) is 19.4 Å². The fourth-order valence-corrected chi connectivity index (χ4v) is 3.75. The van der Waals surface area contributed by atoms with Crippen LogP contribution >= 0.6 is 12.4 Å². The number of carboxylic acids is 1. The molecule has 0 radical (unpaired) electrons. The topological polar surface area (TPSA) is 159 Å². The molecule has 12 heteroatoms. The Labute approximate surface area is 220 Å². The molecule has 0 spiro atoms. The van der Waals surface area contributed by atoms with Crippen LogP contribution in [0.2, 0.25) is 0 Å². The molecule has 0 fully saturated rings. The Morgan fingerprint density at radius 3 is 2.59 bits per heavy atom. The van der Waals surface area contributed by atoms with E-state index < -0.39 is 17.5 Å². The second-order valence-electron chi connectivity index (χ2n) is 9.14. The zero-order chi connectivity index (χ0) is 26.6. The number of carbonyl (C=O) groups excluding carboxylic acids is 2. The lowest BCUT2D eigenvalue weighted by Gasteiger charge is -2.19. The summed E-state index contributed by atoms with van der Waals surface area (Å²) in [5.74, 6) is -2.20. The van der Waals surface area contributed by atoms with E-state index in [1.165, 1.54) is 11.1 Å². The third-order valence-electron chi connectivity index (χ3n) is 5.37. The van der Waals surface area contributed by atoms with E-state index in [4.69, 9.17) is 20.3 Å². The molecule has 1 aliphatic rings. The van der Waals surface area contributed by atoms with Crippen LogP contribution in [0, 0.1) is 6.92 Å². The molecular weight excluding hydrogens is 502 g/mol. The second-order valence-corrected chi connectivity index (χ2v) is 9.14. The predicted octanol–water partition coefficient (Wildman–Crippen LogP) is 3.48. The first-order chi connectivity index (χ1) is 16.9. The van der Waals surface area contributed by atoms with Crippen LogP contribution in [0.1, 0.15) is 81.3 Å². The van der Waals surface area contributed by atoms with Crippen LogP contribution in [0.3, 0.4) is 0 Å². The minimum Gasteiger partial charge on any atom is -0.477 e.